The average molecular weight is 391 g/mol. The Bertz CT molecular complexity index is 932. The highest BCUT2D eigenvalue weighted by Crippen LogP contribution is 2.23. The van der Waals surface area contributed by atoms with Crippen LogP contribution in [0.3, 0.4) is 0 Å². The molecule has 1 aromatic heterocycles. The van der Waals surface area contributed by atoms with E-state index in [0.29, 0.717) is 25.5 Å². The lowest BCUT2D eigenvalue weighted by Crippen LogP contribution is -2.43. The van der Waals surface area contributed by atoms with Crippen LogP contribution in [-0.4, -0.2) is 48.8 Å². The molecule has 0 saturated carbocycles. The van der Waals surface area contributed by atoms with Crippen molar-refractivity contribution in [3.63, 3.8) is 0 Å². The van der Waals surface area contributed by atoms with Gasteiger partial charge in [-0.15, -0.1) is 0 Å². The van der Waals surface area contributed by atoms with E-state index in [4.69, 9.17) is 9.26 Å². The van der Waals surface area contributed by atoms with Gasteiger partial charge in [-0.2, -0.15) is 0 Å². The third-order valence-corrected chi connectivity index (χ3v) is 5.21. The average Bonchev–Trinajstić information content (AvgIpc) is 3.27. The molecule has 0 bridgehead atoms. The summed E-state index contributed by atoms with van der Waals surface area (Å²) in [5.41, 5.74) is 3.58. The van der Waals surface area contributed by atoms with Crippen LogP contribution in [0.1, 0.15) is 27.7 Å². The van der Waals surface area contributed by atoms with Gasteiger partial charge in [0.05, 0.1) is 19.3 Å². The molecule has 1 amide bonds. The van der Waals surface area contributed by atoms with E-state index in [-0.39, 0.29) is 17.6 Å². The van der Waals surface area contributed by atoms with E-state index < -0.39 is 0 Å². The fraction of sp³-hybridized carbons (Fsp3) is 0.304. The number of hydrogen-bond acceptors (Lipinski definition) is 5. The summed E-state index contributed by atoms with van der Waals surface area (Å²) in [7, 11) is 0. The van der Waals surface area contributed by atoms with Gasteiger partial charge >= 0.3 is 0 Å². The number of aromatic nitrogens is 1. The lowest BCUT2D eigenvalue weighted by atomic mass is 10.0. The number of rotatable bonds is 6. The van der Waals surface area contributed by atoms with E-state index in [2.05, 4.69) is 46.6 Å². The maximum atomic E-state index is 12.7. The first-order valence-corrected chi connectivity index (χ1v) is 9.89. The number of nitrogens with one attached hydrogen (secondary N) is 1. The molecule has 1 N–H and O–H groups in total. The Morgan fingerprint density at radius 3 is 2.55 bits per heavy atom. The lowest BCUT2D eigenvalue weighted by Gasteiger charge is -2.35. The Hall–Kier alpha value is -2.96. The Labute approximate surface area is 170 Å². The van der Waals surface area contributed by atoms with Gasteiger partial charge in [-0.25, -0.2) is 0 Å². The number of amides is 1. The summed E-state index contributed by atoms with van der Waals surface area (Å²) in [6.45, 7) is 5.67. The summed E-state index contributed by atoms with van der Waals surface area (Å²) < 4.78 is 10.8. The molecule has 0 spiro atoms. The van der Waals surface area contributed by atoms with Crippen LogP contribution in [0.15, 0.2) is 65.2 Å². The molecule has 6 heteroatoms. The minimum Gasteiger partial charge on any atom is -0.379 e. The van der Waals surface area contributed by atoms with Crippen molar-refractivity contribution in [2.24, 2.45) is 0 Å². The molecule has 150 valence electrons. The van der Waals surface area contributed by atoms with Crippen LogP contribution >= 0.6 is 0 Å². The minimum absolute atomic E-state index is 0.0870. The van der Waals surface area contributed by atoms with E-state index in [1.165, 1.54) is 11.1 Å². The molecule has 1 atom stereocenters. The molecule has 1 aliphatic heterocycles. The molecule has 6 nitrogen and oxygen atoms in total. The van der Waals surface area contributed by atoms with Crippen molar-refractivity contribution < 1.29 is 14.1 Å². The van der Waals surface area contributed by atoms with Gasteiger partial charge in [0, 0.05) is 31.3 Å². The first kappa shape index (κ1) is 19.4. The smallest absolute Gasteiger partial charge is 0.273 e. The summed E-state index contributed by atoms with van der Waals surface area (Å²) in [5.74, 6) is 0.348. The predicted molar refractivity (Wildman–Crippen MR) is 111 cm³/mol. The van der Waals surface area contributed by atoms with Gasteiger partial charge in [0.1, 0.15) is 0 Å². The highest BCUT2D eigenvalue weighted by molar-refractivity contribution is 5.93. The highest BCUT2D eigenvalue weighted by Gasteiger charge is 2.24. The molecule has 3 aromatic rings. The second-order valence-corrected chi connectivity index (χ2v) is 7.23. The Kier molecular flexibility index (Phi) is 6.03. The minimum atomic E-state index is -0.235. The summed E-state index contributed by atoms with van der Waals surface area (Å²) in [5, 5.41) is 6.98. The third-order valence-electron chi connectivity index (χ3n) is 5.21. The largest absolute Gasteiger partial charge is 0.379 e. The second kappa shape index (κ2) is 9.03. The molecule has 1 saturated heterocycles. The van der Waals surface area contributed by atoms with Crippen molar-refractivity contribution in [3.05, 3.63) is 77.5 Å². The molecule has 2 aromatic carbocycles. The Morgan fingerprint density at radius 2 is 1.83 bits per heavy atom. The van der Waals surface area contributed by atoms with Gasteiger partial charge in [-0.05, 0) is 12.5 Å². The zero-order valence-electron chi connectivity index (χ0n) is 16.5. The number of aryl methyl sites for hydroxylation is 1. The number of morpholine rings is 1. The third kappa shape index (κ3) is 4.72. The van der Waals surface area contributed by atoms with Crippen LogP contribution in [0, 0.1) is 6.92 Å². The fourth-order valence-corrected chi connectivity index (χ4v) is 3.54. The number of carbonyl (C=O) groups excluding carboxylic acids is 1. The second-order valence-electron chi connectivity index (χ2n) is 7.23. The first-order valence-electron chi connectivity index (χ1n) is 9.89. The molecule has 4 rings (SSSR count). The van der Waals surface area contributed by atoms with Crippen molar-refractivity contribution in [1.82, 2.24) is 15.4 Å². The molecule has 1 aliphatic rings. The molecular weight excluding hydrogens is 366 g/mol. The van der Waals surface area contributed by atoms with Gasteiger partial charge in [0.25, 0.3) is 5.91 Å². The number of carbonyl (C=O) groups is 1. The van der Waals surface area contributed by atoms with E-state index in [1.807, 2.05) is 30.3 Å². The molecular formula is C23H25N3O3. The van der Waals surface area contributed by atoms with Gasteiger partial charge in [0.15, 0.2) is 11.5 Å². The van der Waals surface area contributed by atoms with Crippen molar-refractivity contribution in [2.75, 3.05) is 32.8 Å². The van der Waals surface area contributed by atoms with Crippen molar-refractivity contribution in [2.45, 2.75) is 13.0 Å². The number of hydrogen-bond donors (Lipinski definition) is 1. The molecule has 1 fully saturated rings. The molecule has 1 unspecified atom stereocenters. The van der Waals surface area contributed by atoms with Crippen LogP contribution in [0.25, 0.3) is 11.3 Å². The van der Waals surface area contributed by atoms with E-state index in [9.17, 15) is 4.79 Å². The molecule has 0 radical (unpaired) electrons. The molecule has 0 aliphatic carbocycles. The summed E-state index contributed by atoms with van der Waals surface area (Å²) in [4.78, 5) is 15.0. The molecule has 29 heavy (non-hydrogen) atoms. The lowest BCUT2D eigenvalue weighted by molar-refractivity contribution is 0.0162. The van der Waals surface area contributed by atoms with Crippen LogP contribution in [0.4, 0.5) is 0 Å². The van der Waals surface area contributed by atoms with Crippen LogP contribution in [-0.2, 0) is 4.74 Å². The van der Waals surface area contributed by atoms with Crippen molar-refractivity contribution in [1.29, 1.82) is 0 Å². The highest BCUT2D eigenvalue weighted by atomic mass is 16.5. The van der Waals surface area contributed by atoms with Gasteiger partial charge in [-0.1, -0.05) is 65.3 Å². The SMILES string of the molecule is Cc1ccc(C(CNC(=O)c2cc(-c3ccccc3)on2)N2CCOCC2)cc1. The monoisotopic (exact) mass is 391 g/mol. The zero-order valence-corrected chi connectivity index (χ0v) is 16.5. The summed E-state index contributed by atoms with van der Waals surface area (Å²) >= 11 is 0. The van der Waals surface area contributed by atoms with Gasteiger partial charge in [-0.3, -0.25) is 9.69 Å². The molecule has 2 heterocycles. The predicted octanol–water partition coefficient (Wildman–Crippen LogP) is 3.45. The standard InChI is InChI=1S/C23H25N3O3/c1-17-7-9-18(10-8-17)21(26-11-13-28-14-12-26)16-24-23(27)20-15-22(29-25-20)19-5-3-2-4-6-19/h2-10,15,21H,11-14,16H2,1H3,(H,24,27). The Morgan fingerprint density at radius 1 is 1.10 bits per heavy atom. The zero-order chi connectivity index (χ0) is 20.1. The number of ether oxygens (including phenoxy) is 1. The fourth-order valence-electron chi connectivity index (χ4n) is 3.54. The van der Waals surface area contributed by atoms with Crippen molar-refractivity contribution in [3.8, 4) is 11.3 Å². The van der Waals surface area contributed by atoms with E-state index >= 15 is 0 Å². The van der Waals surface area contributed by atoms with E-state index in [0.717, 1.165) is 18.7 Å². The van der Waals surface area contributed by atoms with Crippen LogP contribution in [0.5, 0.6) is 0 Å². The normalized spacial score (nSPS) is 15.8. The summed E-state index contributed by atoms with van der Waals surface area (Å²) in [6, 6.07) is 19.9. The van der Waals surface area contributed by atoms with E-state index in [1.54, 1.807) is 6.07 Å². The number of nitrogens with zero attached hydrogens (tertiary/aromatic N) is 2. The van der Waals surface area contributed by atoms with Gasteiger partial charge < -0.3 is 14.6 Å². The number of benzene rings is 2. The quantitative estimate of drug-likeness (QED) is 0.697. The maximum Gasteiger partial charge on any atom is 0.273 e. The van der Waals surface area contributed by atoms with Crippen LogP contribution < -0.4 is 5.32 Å². The van der Waals surface area contributed by atoms with Gasteiger partial charge in [0.2, 0.25) is 0 Å². The topological polar surface area (TPSA) is 67.6 Å². The van der Waals surface area contributed by atoms with Crippen LogP contribution in [0.2, 0.25) is 0 Å². The maximum absolute atomic E-state index is 12.7. The Balaban J connectivity index is 1.46. The first-order chi connectivity index (χ1) is 14.2. The van der Waals surface area contributed by atoms with Crippen molar-refractivity contribution >= 4 is 5.91 Å². The summed E-state index contributed by atoms with van der Waals surface area (Å²) in [6.07, 6.45) is 0.